The minimum Gasteiger partial charge on any atom is -0.371 e. The number of nitrogens with one attached hydrogen (secondary N) is 1. The first kappa shape index (κ1) is 21.7. The number of rotatable bonds is 9. The average Bonchev–Trinajstić information content (AvgIpc) is 3.20. The summed E-state index contributed by atoms with van der Waals surface area (Å²) in [5.74, 6) is -0.149. The molecule has 2 rings (SSSR count). The number of amides is 1. The number of benzene rings is 1. The SMILES string of the molecule is CCN(CC)S(=O)(=O)c1ccc(N2CCCC2)c(C(=O)N(C)CCNC)c1. The molecular formula is C19H32N4O3S. The lowest BCUT2D eigenvalue weighted by Gasteiger charge is -2.25. The lowest BCUT2D eigenvalue weighted by molar-refractivity contribution is 0.0797. The second-order valence-corrected chi connectivity index (χ2v) is 8.73. The first-order valence-electron chi connectivity index (χ1n) is 9.66. The van der Waals surface area contributed by atoms with Gasteiger partial charge in [0.2, 0.25) is 10.0 Å². The molecule has 1 fully saturated rings. The minimum absolute atomic E-state index is 0.149. The van der Waals surface area contributed by atoms with Crippen LogP contribution in [0.5, 0.6) is 0 Å². The smallest absolute Gasteiger partial charge is 0.255 e. The Labute approximate surface area is 163 Å². The number of anilines is 1. The van der Waals surface area contributed by atoms with Crippen LogP contribution in [-0.2, 0) is 10.0 Å². The van der Waals surface area contributed by atoms with Crippen LogP contribution in [0, 0.1) is 0 Å². The monoisotopic (exact) mass is 396 g/mol. The van der Waals surface area contributed by atoms with E-state index < -0.39 is 10.0 Å². The van der Waals surface area contributed by atoms with Crippen molar-refractivity contribution in [3.8, 4) is 0 Å². The first-order valence-corrected chi connectivity index (χ1v) is 11.1. The summed E-state index contributed by atoms with van der Waals surface area (Å²) in [4.78, 5) is 17.1. The Morgan fingerprint density at radius 2 is 1.81 bits per heavy atom. The molecule has 0 radical (unpaired) electrons. The molecule has 27 heavy (non-hydrogen) atoms. The molecule has 0 aliphatic carbocycles. The molecule has 0 saturated carbocycles. The fourth-order valence-electron chi connectivity index (χ4n) is 3.38. The molecule has 7 nitrogen and oxygen atoms in total. The Morgan fingerprint density at radius 3 is 2.37 bits per heavy atom. The van der Waals surface area contributed by atoms with Crippen LogP contribution < -0.4 is 10.2 Å². The van der Waals surface area contributed by atoms with Crippen LogP contribution in [0.25, 0.3) is 0 Å². The van der Waals surface area contributed by atoms with Crippen molar-refractivity contribution in [2.45, 2.75) is 31.6 Å². The summed E-state index contributed by atoms with van der Waals surface area (Å²) in [6, 6.07) is 4.98. The summed E-state index contributed by atoms with van der Waals surface area (Å²) in [5, 5.41) is 3.03. The van der Waals surface area contributed by atoms with E-state index in [0.717, 1.165) is 31.6 Å². The molecule has 1 saturated heterocycles. The third-order valence-corrected chi connectivity index (χ3v) is 7.08. The van der Waals surface area contributed by atoms with E-state index >= 15 is 0 Å². The molecule has 152 valence electrons. The quantitative estimate of drug-likeness (QED) is 0.687. The van der Waals surface area contributed by atoms with Gasteiger partial charge in [-0.15, -0.1) is 0 Å². The van der Waals surface area contributed by atoms with Crippen LogP contribution >= 0.6 is 0 Å². The standard InChI is InChI=1S/C19H32N4O3S/c1-5-23(6-2)27(25,26)16-9-10-18(22-12-7-8-13-22)17(15-16)19(24)21(4)14-11-20-3/h9-10,15,20H,5-8,11-14H2,1-4H3. The minimum atomic E-state index is -3.61. The van der Waals surface area contributed by atoms with Crippen molar-refractivity contribution in [3.05, 3.63) is 23.8 Å². The van der Waals surface area contributed by atoms with Gasteiger partial charge in [0.05, 0.1) is 10.5 Å². The van der Waals surface area contributed by atoms with E-state index in [9.17, 15) is 13.2 Å². The van der Waals surface area contributed by atoms with Gasteiger partial charge in [0, 0.05) is 52.0 Å². The van der Waals surface area contributed by atoms with Crippen molar-refractivity contribution >= 4 is 21.6 Å². The Bertz CT molecular complexity index is 741. The van der Waals surface area contributed by atoms with Gasteiger partial charge in [0.1, 0.15) is 0 Å². The second-order valence-electron chi connectivity index (χ2n) is 6.79. The number of sulfonamides is 1. The van der Waals surface area contributed by atoms with E-state index in [0.29, 0.717) is 31.7 Å². The topological polar surface area (TPSA) is 73.0 Å². The van der Waals surface area contributed by atoms with Crippen LogP contribution in [0.2, 0.25) is 0 Å². The molecule has 1 aromatic carbocycles. The van der Waals surface area contributed by atoms with Crippen molar-refractivity contribution in [1.29, 1.82) is 0 Å². The van der Waals surface area contributed by atoms with Gasteiger partial charge in [-0.25, -0.2) is 8.42 Å². The molecule has 8 heteroatoms. The number of hydrogen-bond donors (Lipinski definition) is 1. The van der Waals surface area contributed by atoms with Gasteiger partial charge in [-0.2, -0.15) is 4.31 Å². The van der Waals surface area contributed by atoms with Gasteiger partial charge in [-0.05, 0) is 38.1 Å². The van der Waals surface area contributed by atoms with E-state index in [-0.39, 0.29) is 10.8 Å². The highest BCUT2D eigenvalue weighted by Crippen LogP contribution is 2.29. The molecular weight excluding hydrogens is 364 g/mol. The summed E-state index contributed by atoms with van der Waals surface area (Å²) in [6.45, 7) is 7.45. The highest BCUT2D eigenvalue weighted by atomic mass is 32.2. The number of carbonyl (C=O) groups is 1. The van der Waals surface area contributed by atoms with Gasteiger partial charge in [0.25, 0.3) is 5.91 Å². The highest BCUT2D eigenvalue weighted by molar-refractivity contribution is 7.89. The Hall–Kier alpha value is -1.64. The van der Waals surface area contributed by atoms with E-state index in [1.807, 2.05) is 20.9 Å². The third-order valence-electron chi connectivity index (χ3n) is 5.03. The van der Waals surface area contributed by atoms with Crippen molar-refractivity contribution in [2.75, 3.05) is 58.3 Å². The Kier molecular flexibility index (Phi) is 7.64. The van der Waals surface area contributed by atoms with Gasteiger partial charge in [0.15, 0.2) is 0 Å². The van der Waals surface area contributed by atoms with E-state index in [1.165, 1.54) is 4.31 Å². The van der Waals surface area contributed by atoms with Gasteiger partial charge < -0.3 is 15.1 Å². The first-order chi connectivity index (χ1) is 12.9. The van der Waals surface area contributed by atoms with Crippen molar-refractivity contribution in [2.24, 2.45) is 0 Å². The lowest BCUT2D eigenvalue weighted by Crippen LogP contribution is -2.35. The molecule has 1 aliphatic rings. The van der Waals surface area contributed by atoms with Crippen molar-refractivity contribution in [1.82, 2.24) is 14.5 Å². The van der Waals surface area contributed by atoms with Crippen LogP contribution in [0.3, 0.4) is 0 Å². The maximum Gasteiger partial charge on any atom is 0.255 e. The molecule has 0 spiro atoms. The number of nitrogens with zero attached hydrogens (tertiary/aromatic N) is 3. The molecule has 1 N–H and O–H groups in total. The molecule has 1 aromatic rings. The van der Waals surface area contributed by atoms with Crippen LogP contribution in [0.1, 0.15) is 37.0 Å². The number of hydrogen-bond acceptors (Lipinski definition) is 5. The molecule has 0 aromatic heterocycles. The Morgan fingerprint density at radius 1 is 1.19 bits per heavy atom. The maximum atomic E-state index is 13.1. The summed E-state index contributed by atoms with van der Waals surface area (Å²) in [7, 11) is -0.0209. The fraction of sp³-hybridized carbons (Fsp3) is 0.632. The third kappa shape index (κ3) is 4.80. The van der Waals surface area contributed by atoms with Crippen molar-refractivity contribution in [3.63, 3.8) is 0 Å². The van der Waals surface area contributed by atoms with Gasteiger partial charge >= 0.3 is 0 Å². The Balaban J connectivity index is 2.47. The highest BCUT2D eigenvalue weighted by Gasteiger charge is 2.27. The maximum absolute atomic E-state index is 13.1. The summed E-state index contributed by atoms with van der Waals surface area (Å²) in [5.41, 5.74) is 1.29. The zero-order valence-electron chi connectivity index (χ0n) is 16.9. The number of likely N-dealkylation sites (N-methyl/N-ethyl adjacent to an activating group) is 2. The molecule has 0 unspecified atom stereocenters. The molecule has 1 heterocycles. The normalized spacial score (nSPS) is 14.8. The summed E-state index contributed by atoms with van der Waals surface area (Å²) in [6.07, 6.45) is 2.17. The molecule has 1 aliphatic heterocycles. The predicted octanol–water partition coefficient (Wildman–Crippen LogP) is 1.61. The van der Waals surface area contributed by atoms with E-state index in [4.69, 9.17) is 0 Å². The van der Waals surface area contributed by atoms with Crippen LogP contribution in [-0.4, -0.2) is 76.9 Å². The van der Waals surface area contributed by atoms with Crippen molar-refractivity contribution < 1.29 is 13.2 Å². The molecule has 1 amide bonds. The average molecular weight is 397 g/mol. The van der Waals surface area contributed by atoms with E-state index in [2.05, 4.69) is 10.2 Å². The zero-order valence-corrected chi connectivity index (χ0v) is 17.7. The number of carbonyl (C=O) groups excluding carboxylic acids is 1. The summed E-state index contributed by atoms with van der Waals surface area (Å²) >= 11 is 0. The predicted molar refractivity (Wildman–Crippen MR) is 109 cm³/mol. The van der Waals surface area contributed by atoms with Crippen LogP contribution in [0.4, 0.5) is 5.69 Å². The summed E-state index contributed by atoms with van der Waals surface area (Å²) < 4.78 is 27.3. The van der Waals surface area contributed by atoms with Gasteiger partial charge in [-0.3, -0.25) is 4.79 Å². The molecule has 0 bridgehead atoms. The second kappa shape index (κ2) is 9.52. The lowest BCUT2D eigenvalue weighted by atomic mass is 10.1. The van der Waals surface area contributed by atoms with E-state index in [1.54, 1.807) is 30.1 Å². The largest absolute Gasteiger partial charge is 0.371 e. The van der Waals surface area contributed by atoms with Gasteiger partial charge in [-0.1, -0.05) is 13.8 Å². The zero-order chi connectivity index (χ0) is 20.0. The molecule has 0 atom stereocenters. The van der Waals surface area contributed by atoms with Crippen LogP contribution in [0.15, 0.2) is 23.1 Å². The fourth-order valence-corrected chi connectivity index (χ4v) is 4.86.